The number of non-ortho nitro benzene ring substituents is 1. The van der Waals surface area contributed by atoms with Gasteiger partial charge in [-0.15, -0.1) is 0 Å². The average molecular weight is 257 g/mol. The van der Waals surface area contributed by atoms with Gasteiger partial charge in [-0.25, -0.2) is 0 Å². The standard InChI is InChI=1S/C13H11N3O3/c17-13(10-4-2-1-3-5-10)15-14-11-6-8-12(9-7-11)16(18)19/h1-9,14H,(H,15,17). The summed E-state index contributed by atoms with van der Waals surface area (Å²) in [6.07, 6.45) is 0. The molecule has 6 nitrogen and oxygen atoms in total. The molecule has 0 heterocycles. The number of anilines is 1. The second kappa shape index (κ2) is 5.63. The number of hydrazine groups is 1. The number of amides is 1. The van der Waals surface area contributed by atoms with E-state index in [1.165, 1.54) is 24.3 Å². The van der Waals surface area contributed by atoms with Crippen molar-refractivity contribution in [3.05, 3.63) is 70.3 Å². The largest absolute Gasteiger partial charge is 0.298 e. The van der Waals surface area contributed by atoms with E-state index in [1.807, 2.05) is 6.07 Å². The van der Waals surface area contributed by atoms with Crippen LogP contribution in [0.4, 0.5) is 11.4 Å². The minimum absolute atomic E-state index is 0.0000593. The van der Waals surface area contributed by atoms with Gasteiger partial charge in [-0.05, 0) is 24.3 Å². The first-order valence-corrected chi connectivity index (χ1v) is 5.52. The molecule has 0 spiro atoms. The van der Waals surface area contributed by atoms with Crippen molar-refractivity contribution in [1.82, 2.24) is 5.43 Å². The van der Waals surface area contributed by atoms with Crippen LogP contribution >= 0.6 is 0 Å². The van der Waals surface area contributed by atoms with Crippen LogP contribution in [0.15, 0.2) is 54.6 Å². The zero-order chi connectivity index (χ0) is 13.7. The molecular formula is C13H11N3O3. The molecule has 96 valence electrons. The van der Waals surface area contributed by atoms with Crippen LogP contribution in [0.2, 0.25) is 0 Å². The summed E-state index contributed by atoms with van der Waals surface area (Å²) in [7, 11) is 0. The molecule has 0 atom stereocenters. The van der Waals surface area contributed by atoms with E-state index in [4.69, 9.17) is 0 Å². The Hall–Kier alpha value is -2.89. The molecule has 0 saturated carbocycles. The Morgan fingerprint density at radius 1 is 1.00 bits per heavy atom. The molecule has 0 bridgehead atoms. The topological polar surface area (TPSA) is 84.3 Å². The number of nitrogens with one attached hydrogen (secondary N) is 2. The monoisotopic (exact) mass is 257 g/mol. The molecule has 6 heteroatoms. The maximum Gasteiger partial charge on any atom is 0.269 e. The number of benzene rings is 2. The normalized spacial score (nSPS) is 9.68. The summed E-state index contributed by atoms with van der Waals surface area (Å²) in [6, 6.07) is 14.5. The summed E-state index contributed by atoms with van der Waals surface area (Å²) in [5.74, 6) is -0.279. The van der Waals surface area contributed by atoms with Gasteiger partial charge in [-0.3, -0.25) is 25.8 Å². The van der Waals surface area contributed by atoms with Gasteiger partial charge in [0.25, 0.3) is 11.6 Å². The number of carbonyl (C=O) groups excluding carboxylic acids is 1. The van der Waals surface area contributed by atoms with Crippen molar-refractivity contribution < 1.29 is 9.72 Å². The van der Waals surface area contributed by atoms with Gasteiger partial charge in [-0.1, -0.05) is 18.2 Å². The zero-order valence-corrected chi connectivity index (χ0v) is 9.87. The van der Waals surface area contributed by atoms with Gasteiger partial charge in [0.05, 0.1) is 10.6 Å². The predicted octanol–water partition coefficient (Wildman–Crippen LogP) is 2.35. The maximum absolute atomic E-state index is 11.7. The highest BCUT2D eigenvalue weighted by Crippen LogP contribution is 2.14. The number of nitrogens with zero attached hydrogens (tertiary/aromatic N) is 1. The predicted molar refractivity (Wildman–Crippen MR) is 70.6 cm³/mol. The van der Waals surface area contributed by atoms with Crippen molar-refractivity contribution in [3.63, 3.8) is 0 Å². The molecule has 2 aromatic carbocycles. The lowest BCUT2D eigenvalue weighted by molar-refractivity contribution is -0.384. The van der Waals surface area contributed by atoms with Crippen molar-refractivity contribution in [2.45, 2.75) is 0 Å². The third-order valence-corrected chi connectivity index (χ3v) is 2.43. The van der Waals surface area contributed by atoms with Gasteiger partial charge in [-0.2, -0.15) is 0 Å². The number of rotatable bonds is 4. The lowest BCUT2D eigenvalue weighted by Crippen LogP contribution is -2.29. The number of carbonyl (C=O) groups is 1. The Labute approximate surface area is 109 Å². The summed E-state index contributed by atoms with van der Waals surface area (Å²) in [5.41, 5.74) is 6.28. The highest BCUT2D eigenvalue weighted by atomic mass is 16.6. The third kappa shape index (κ3) is 3.29. The Balaban J connectivity index is 1.95. The number of nitro benzene ring substituents is 1. The van der Waals surface area contributed by atoms with Crippen LogP contribution in [0.3, 0.4) is 0 Å². The van der Waals surface area contributed by atoms with Crippen LogP contribution in [0.1, 0.15) is 10.4 Å². The SMILES string of the molecule is O=C(NNc1ccc([N+](=O)[O-])cc1)c1ccccc1. The fourth-order valence-electron chi connectivity index (χ4n) is 1.46. The van der Waals surface area contributed by atoms with E-state index < -0.39 is 4.92 Å². The molecule has 2 N–H and O–H groups in total. The van der Waals surface area contributed by atoms with Gasteiger partial charge in [0.1, 0.15) is 0 Å². The van der Waals surface area contributed by atoms with Crippen LogP contribution in [0.5, 0.6) is 0 Å². The summed E-state index contributed by atoms with van der Waals surface area (Å²) < 4.78 is 0. The van der Waals surface area contributed by atoms with Crippen LogP contribution < -0.4 is 10.9 Å². The van der Waals surface area contributed by atoms with Crippen LogP contribution in [-0.4, -0.2) is 10.8 Å². The molecule has 2 aromatic rings. The molecule has 0 radical (unpaired) electrons. The molecule has 2 rings (SSSR count). The zero-order valence-electron chi connectivity index (χ0n) is 9.87. The van der Waals surface area contributed by atoms with Crippen molar-refractivity contribution in [2.24, 2.45) is 0 Å². The lowest BCUT2D eigenvalue weighted by Gasteiger charge is -2.08. The molecule has 0 fully saturated rings. The molecule has 0 aliphatic rings. The molecule has 0 aliphatic heterocycles. The number of hydrogen-bond acceptors (Lipinski definition) is 4. The van der Waals surface area contributed by atoms with E-state index in [2.05, 4.69) is 10.9 Å². The van der Waals surface area contributed by atoms with Crippen molar-refractivity contribution in [2.75, 3.05) is 5.43 Å². The molecule has 0 saturated heterocycles. The minimum atomic E-state index is -0.480. The van der Waals surface area contributed by atoms with Gasteiger partial charge in [0.15, 0.2) is 0 Å². The van der Waals surface area contributed by atoms with E-state index in [0.717, 1.165) is 0 Å². The first-order chi connectivity index (χ1) is 9.16. The molecular weight excluding hydrogens is 246 g/mol. The molecule has 0 aliphatic carbocycles. The Kier molecular flexibility index (Phi) is 3.72. The summed E-state index contributed by atoms with van der Waals surface area (Å²) in [4.78, 5) is 21.7. The summed E-state index contributed by atoms with van der Waals surface area (Å²) in [5, 5.41) is 10.5. The van der Waals surface area contributed by atoms with Crippen LogP contribution in [0, 0.1) is 10.1 Å². The lowest BCUT2D eigenvalue weighted by atomic mass is 10.2. The van der Waals surface area contributed by atoms with Gasteiger partial charge < -0.3 is 0 Å². The number of nitro groups is 1. The Morgan fingerprint density at radius 2 is 1.63 bits per heavy atom. The van der Waals surface area contributed by atoms with E-state index in [0.29, 0.717) is 11.3 Å². The van der Waals surface area contributed by atoms with Crippen molar-refractivity contribution in [3.8, 4) is 0 Å². The number of hydrogen-bond donors (Lipinski definition) is 2. The smallest absolute Gasteiger partial charge is 0.269 e. The maximum atomic E-state index is 11.7. The summed E-state index contributed by atoms with van der Waals surface area (Å²) in [6.45, 7) is 0. The molecule has 19 heavy (non-hydrogen) atoms. The van der Waals surface area contributed by atoms with E-state index in [1.54, 1.807) is 24.3 Å². The fourth-order valence-corrected chi connectivity index (χ4v) is 1.46. The van der Waals surface area contributed by atoms with E-state index in [9.17, 15) is 14.9 Å². The average Bonchev–Trinajstić information content (AvgIpc) is 2.46. The van der Waals surface area contributed by atoms with Crippen LogP contribution in [0.25, 0.3) is 0 Å². The van der Waals surface area contributed by atoms with E-state index >= 15 is 0 Å². The molecule has 0 aromatic heterocycles. The Bertz CT molecular complexity index is 582. The molecule has 0 unspecified atom stereocenters. The van der Waals surface area contributed by atoms with Gasteiger partial charge in [0.2, 0.25) is 0 Å². The first kappa shape index (κ1) is 12.6. The van der Waals surface area contributed by atoms with Crippen LogP contribution in [-0.2, 0) is 0 Å². The summed E-state index contributed by atoms with van der Waals surface area (Å²) >= 11 is 0. The second-order valence-electron chi connectivity index (χ2n) is 3.75. The van der Waals surface area contributed by atoms with Gasteiger partial charge in [0, 0.05) is 17.7 Å². The second-order valence-corrected chi connectivity index (χ2v) is 3.75. The van der Waals surface area contributed by atoms with Crippen molar-refractivity contribution in [1.29, 1.82) is 0 Å². The third-order valence-electron chi connectivity index (χ3n) is 2.43. The van der Waals surface area contributed by atoms with Gasteiger partial charge >= 0.3 is 0 Å². The van der Waals surface area contributed by atoms with E-state index in [-0.39, 0.29) is 11.6 Å². The fraction of sp³-hybridized carbons (Fsp3) is 0. The molecule has 1 amide bonds. The highest BCUT2D eigenvalue weighted by Gasteiger charge is 2.05. The quantitative estimate of drug-likeness (QED) is 0.650. The Morgan fingerprint density at radius 3 is 2.21 bits per heavy atom. The highest BCUT2D eigenvalue weighted by molar-refractivity contribution is 5.94. The first-order valence-electron chi connectivity index (χ1n) is 5.52. The van der Waals surface area contributed by atoms with Crippen molar-refractivity contribution >= 4 is 17.3 Å². The minimum Gasteiger partial charge on any atom is -0.298 e.